The Bertz CT molecular complexity index is 753. The third-order valence-corrected chi connectivity index (χ3v) is 8.48. The van der Waals surface area contributed by atoms with Gasteiger partial charge in [-0.3, -0.25) is 9.59 Å². The van der Waals surface area contributed by atoms with Crippen LogP contribution in [0.5, 0.6) is 0 Å². The number of esters is 2. The number of hydrogen-bond donors (Lipinski definition) is 1. The average molecular weight is 696 g/mol. The Kier molecular flexibility index (Phi) is 37.7. The maximum Gasteiger partial charge on any atom is 0.305 e. The fourth-order valence-electron chi connectivity index (χ4n) is 5.53. The Morgan fingerprint density at radius 1 is 0.551 bits per heavy atom. The molecule has 0 aliphatic carbocycles. The lowest BCUT2D eigenvalue weighted by Crippen LogP contribution is -2.29. The molecule has 0 aliphatic heterocycles. The summed E-state index contributed by atoms with van der Waals surface area (Å²) in [6.07, 6.45) is 31.1. The number of carbonyl (C=O) groups is 2. The van der Waals surface area contributed by atoms with Crippen molar-refractivity contribution in [3.63, 3.8) is 0 Å². The summed E-state index contributed by atoms with van der Waals surface area (Å²) in [5.74, 6) is -0.238. The normalized spacial score (nSPS) is 11.9. The number of allylic oxidation sites excluding steroid dienone is 2. The first-order chi connectivity index (χ1) is 24.1. The minimum Gasteiger partial charge on any atom is -0.466 e. The number of aliphatic hydroxyl groups is 1. The van der Waals surface area contributed by atoms with Crippen LogP contribution in [-0.4, -0.2) is 80.9 Å². The Labute approximate surface area is 301 Å². The van der Waals surface area contributed by atoms with Crippen molar-refractivity contribution >= 4 is 11.9 Å². The highest BCUT2D eigenvalue weighted by Crippen LogP contribution is 2.11. The summed E-state index contributed by atoms with van der Waals surface area (Å²) in [5, 5.41) is 9.49. The van der Waals surface area contributed by atoms with Crippen LogP contribution >= 0.6 is 0 Å². The first kappa shape index (κ1) is 47.3. The number of nitrogens with zero attached hydrogens (tertiary/aromatic N) is 1. The van der Waals surface area contributed by atoms with Crippen molar-refractivity contribution < 1.29 is 33.6 Å². The number of carbonyl (C=O) groups excluding carboxylic acids is 2. The Morgan fingerprint density at radius 3 is 1.53 bits per heavy atom. The van der Waals surface area contributed by atoms with Crippen molar-refractivity contribution in [2.75, 3.05) is 52.7 Å². The molecule has 8 nitrogen and oxygen atoms in total. The van der Waals surface area contributed by atoms with Crippen LogP contribution in [0.25, 0.3) is 0 Å². The van der Waals surface area contributed by atoms with Crippen LogP contribution < -0.4 is 0 Å². The standard InChI is InChI=1S/C41H77NO7/c1-4-7-10-13-14-19-26-35-46-39(44)28-21-16-15-17-22-31-42(33-34-43)32-23-18-20-27-36-47-40(45)29-30-41(48-37-24-11-8-5-2)49-38-25-12-9-6-3/h8-9,11-12,41,43H,4-7,10,13-38H2,1-3H3/b11-8-,12-9-. The van der Waals surface area contributed by atoms with Gasteiger partial charge in [-0.25, -0.2) is 0 Å². The van der Waals surface area contributed by atoms with Crippen LogP contribution in [0.3, 0.4) is 0 Å². The third-order valence-electron chi connectivity index (χ3n) is 8.48. The molecule has 0 bridgehead atoms. The van der Waals surface area contributed by atoms with E-state index in [-0.39, 0.29) is 24.8 Å². The summed E-state index contributed by atoms with van der Waals surface area (Å²) >= 11 is 0. The highest BCUT2D eigenvalue weighted by molar-refractivity contribution is 5.69. The number of ether oxygens (including phenoxy) is 4. The fraction of sp³-hybridized carbons (Fsp3) is 0.854. The third kappa shape index (κ3) is 35.9. The summed E-state index contributed by atoms with van der Waals surface area (Å²) < 4.78 is 22.7. The summed E-state index contributed by atoms with van der Waals surface area (Å²) in [7, 11) is 0. The molecule has 49 heavy (non-hydrogen) atoms. The minimum absolute atomic E-state index is 0.0457. The smallest absolute Gasteiger partial charge is 0.305 e. The Hall–Kier alpha value is -1.74. The van der Waals surface area contributed by atoms with E-state index in [0.717, 1.165) is 109 Å². The van der Waals surface area contributed by atoms with E-state index in [4.69, 9.17) is 18.9 Å². The van der Waals surface area contributed by atoms with Crippen LogP contribution in [0.4, 0.5) is 0 Å². The van der Waals surface area contributed by atoms with E-state index in [1.165, 1.54) is 32.1 Å². The largest absolute Gasteiger partial charge is 0.466 e. The van der Waals surface area contributed by atoms with E-state index in [1.807, 2.05) is 0 Å². The van der Waals surface area contributed by atoms with E-state index in [2.05, 4.69) is 50.0 Å². The Morgan fingerprint density at radius 2 is 1.02 bits per heavy atom. The second kappa shape index (κ2) is 39.1. The van der Waals surface area contributed by atoms with Gasteiger partial charge in [0.15, 0.2) is 6.29 Å². The highest BCUT2D eigenvalue weighted by atomic mass is 16.7. The molecule has 0 aromatic heterocycles. The highest BCUT2D eigenvalue weighted by Gasteiger charge is 2.13. The lowest BCUT2D eigenvalue weighted by molar-refractivity contribution is -0.158. The predicted octanol–water partition coefficient (Wildman–Crippen LogP) is 9.87. The van der Waals surface area contributed by atoms with Crippen molar-refractivity contribution in [1.29, 1.82) is 0 Å². The molecule has 0 aromatic rings. The summed E-state index contributed by atoms with van der Waals surface area (Å²) in [6, 6.07) is 0. The first-order valence-corrected chi connectivity index (χ1v) is 20.2. The van der Waals surface area contributed by atoms with Crippen LogP contribution in [0.1, 0.15) is 168 Å². The van der Waals surface area contributed by atoms with Gasteiger partial charge in [0.25, 0.3) is 0 Å². The molecular formula is C41H77NO7. The molecule has 0 spiro atoms. The van der Waals surface area contributed by atoms with Gasteiger partial charge in [0.1, 0.15) is 0 Å². The molecule has 0 radical (unpaired) electrons. The first-order valence-electron chi connectivity index (χ1n) is 20.2. The molecule has 0 aromatic carbocycles. The molecule has 8 heteroatoms. The van der Waals surface area contributed by atoms with Crippen LogP contribution in [0.15, 0.2) is 24.3 Å². The maximum atomic E-state index is 12.3. The van der Waals surface area contributed by atoms with Gasteiger partial charge in [-0.2, -0.15) is 0 Å². The van der Waals surface area contributed by atoms with E-state index >= 15 is 0 Å². The quantitative estimate of drug-likeness (QED) is 0.0295. The van der Waals surface area contributed by atoms with E-state index in [0.29, 0.717) is 52.2 Å². The molecule has 1 N–H and O–H groups in total. The molecule has 0 heterocycles. The number of unbranched alkanes of at least 4 members (excludes halogenated alkanes) is 13. The van der Waals surface area contributed by atoms with E-state index in [9.17, 15) is 14.7 Å². The van der Waals surface area contributed by atoms with Crippen molar-refractivity contribution in [3.05, 3.63) is 24.3 Å². The topological polar surface area (TPSA) is 94.5 Å². The van der Waals surface area contributed by atoms with E-state index < -0.39 is 0 Å². The van der Waals surface area contributed by atoms with Gasteiger partial charge < -0.3 is 29.0 Å². The zero-order valence-corrected chi connectivity index (χ0v) is 32.2. The van der Waals surface area contributed by atoms with Crippen LogP contribution in [-0.2, 0) is 28.5 Å². The molecule has 0 aliphatic rings. The molecule has 288 valence electrons. The maximum absolute atomic E-state index is 12.3. The van der Waals surface area contributed by atoms with Gasteiger partial charge in [-0.05, 0) is 70.9 Å². The van der Waals surface area contributed by atoms with Gasteiger partial charge in [0.05, 0.1) is 39.5 Å². The summed E-state index contributed by atoms with van der Waals surface area (Å²) in [5.41, 5.74) is 0. The van der Waals surface area contributed by atoms with Crippen LogP contribution in [0.2, 0.25) is 0 Å². The van der Waals surface area contributed by atoms with Crippen molar-refractivity contribution in [2.24, 2.45) is 0 Å². The van der Waals surface area contributed by atoms with Crippen molar-refractivity contribution in [2.45, 2.75) is 175 Å². The zero-order chi connectivity index (χ0) is 35.9. The second-order valence-electron chi connectivity index (χ2n) is 13.1. The molecule has 0 unspecified atom stereocenters. The molecule has 0 saturated heterocycles. The monoisotopic (exact) mass is 696 g/mol. The van der Waals surface area contributed by atoms with Gasteiger partial charge in [-0.1, -0.05) is 116 Å². The fourth-order valence-corrected chi connectivity index (χ4v) is 5.53. The minimum atomic E-state index is -0.389. The molecular weight excluding hydrogens is 618 g/mol. The lowest BCUT2D eigenvalue weighted by atomic mass is 10.1. The SMILES string of the molecule is CC/C=C\CCOC(CCC(=O)OCCCCCCN(CCO)CCCCCCCC(=O)OCCCCCCCCC)OCC/C=C\CC. The van der Waals surface area contributed by atoms with Crippen molar-refractivity contribution in [3.8, 4) is 0 Å². The summed E-state index contributed by atoms with van der Waals surface area (Å²) in [6.45, 7) is 11.5. The number of aliphatic hydroxyl groups excluding tert-OH is 1. The Balaban J connectivity index is 3.89. The number of rotatable bonds is 38. The lowest BCUT2D eigenvalue weighted by Gasteiger charge is -2.21. The van der Waals surface area contributed by atoms with Crippen molar-refractivity contribution in [1.82, 2.24) is 4.90 Å². The van der Waals surface area contributed by atoms with Gasteiger partial charge >= 0.3 is 11.9 Å². The van der Waals surface area contributed by atoms with E-state index in [1.54, 1.807) is 0 Å². The molecule has 0 atom stereocenters. The predicted molar refractivity (Wildman–Crippen MR) is 203 cm³/mol. The molecule has 0 rings (SSSR count). The number of hydrogen-bond acceptors (Lipinski definition) is 8. The molecule has 0 fully saturated rings. The van der Waals surface area contributed by atoms with Gasteiger partial charge in [0.2, 0.25) is 0 Å². The summed E-state index contributed by atoms with van der Waals surface area (Å²) in [4.78, 5) is 26.6. The van der Waals surface area contributed by atoms with Gasteiger partial charge in [-0.15, -0.1) is 0 Å². The molecule has 0 saturated carbocycles. The second-order valence-corrected chi connectivity index (χ2v) is 13.1. The molecule has 0 amide bonds. The van der Waals surface area contributed by atoms with Gasteiger partial charge in [0, 0.05) is 19.4 Å². The zero-order valence-electron chi connectivity index (χ0n) is 32.2. The average Bonchev–Trinajstić information content (AvgIpc) is 3.10. The van der Waals surface area contributed by atoms with Crippen LogP contribution in [0, 0.1) is 0 Å².